The standard InChI is InChI=1S/C40H38N4/c1-27-23-29(3)38(30(4)24-27)44(39-31(5)25-28(2)26-32(39)6)35-19-17-34(18-20-35)43(40-41-21-12-22-42-40)37-16-11-10-15-36(37)33-13-8-7-9-14-33/h7-26H,1-6H3. The third-order valence-corrected chi connectivity index (χ3v) is 8.07. The summed E-state index contributed by atoms with van der Waals surface area (Å²) in [4.78, 5) is 13.9. The van der Waals surface area contributed by atoms with Crippen LogP contribution in [0.5, 0.6) is 0 Å². The van der Waals surface area contributed by atoms with Crippen molar-refractivity contribution in [1.82, 2.24) is 9.97 Å². The van der Waals surface area contributed by atoms with E-state index in [1.165, 1.54) is 44.8 Å². The molecule has 0 N–H and O–H groups in total. The molecule has 1 aromatic heterocycles. The minimum absolute atomic E-state index is 0.621. The zero-order chi connectivity index (χ0) is 30.8. The van der Waals surface area contributed by atoms with Crippen LogP contribution in [0.15, 0.2) is 122 Å². The molecule has 0 aliphatic rings. The first kappa shape index (κ1) is 28.9. The zero-order valence-electron chi connectivity index (χ0n) is 26.3. The number of rotatable bonds is 7. The van der Waals surface area contributed by atoms with Crippen molar-refractivity contribution in [3.8, 4) is 11.1 Å². The Balaban J connectivity index is 1.53. The highest BCUT2D eigenvalue weighted by Gasteiger charge is 2.23. The van der Waals surface area contributed by atoms with Crippen LogP contribution < -0.4 is 9.80 Å². The molecule has 0 aliphatic carbocycles. The van der Waals surface area contributed by atoms with Gasteiger partial charge >= 0.3 is 0 Å². The Morgan fingerprint density at radius 1 is 0.455 bits per heavy atom. The van der Waals surface area contributed by atoms with Crippen molar-refractivity contribution >= 4 is 34.4 Å². The van der Waals surface area contributed by atoms with Crippen LogP contribution in [-0.2, 0) is 0 Å². The van der Waals surface area contributed by atoms with Gasteiger partial charge in [-0.2, -0.15) is 0 Å². The summed E-state index contributed by atoms with van der Waals surface area (Å²) in [5.74, 6) is 0.621. The van der Waals surface area contributed by atoms with Crippen LogP contribution in [0, 0.1) is 41.5 Å². The molecule has 0 radical (unpaired) electrons. The Morgan fingerprint density at radius 3 is 1.43 bits per heavy atom. The number of hydrogen-bond donors (Lipinski definition) is 0. The Morgan fingerprint density at radius 2 is 0.909 bits per heavy atom. The fraction of sp³-hybridized carbons (Fsp3) is 0.150. The highest BCUT2D eigenvalue weighted by atomic mass is 15.3. The molecule has 4 nitrogen and oxygen atoms in total. The molecule has 6 aromatic rings. The first-order valence-corrected chi connectivity index (χ1v) is 15.1. The number of hydrogen-bond acceptors (Lipinski definition) is 4. The second kappa shape index (κ2) is 12.2. The van der Waals surface area contributed by atoms with E-state index in [1.54, 1.807) is 12.4 Å². The molecule has 0 aliphatic heterocycles. The summed E-state index contributed by atoms with van der Waals surface area (Å²) in [5, 5.41) is 0. The van der Waals surface area contributed by atoms with Gasteiger partial charge in [0.05, 0.1) is 17.1 Å². The predicted octanol–water partition coefficient (Wildman–Crippen LogP) is 10.9. The van der Waals surface area contributed by atoms with Gasteiger partial charge in [-0.05, 0) is 106 Å². The summed E-state index contributed by atoms with van der Waals surface area (Å²) in [6.07, 6.45) is 3.59. The van der Waals surface area contributed by atoms with Crippen molar-refractivity contribution in [1.29, 1.82) is 0 Å². The van der Waals surface area contributed by atoms with Crippen molar-refractivity contribution in [2.24, 2.45) is 0 Å². The normalized spacial score (nSPS) is 11.0. The van der Waals surface area contributed by atoms with Gasteiger partial charge in [-0.15, -0.1) is 0 Å². The summed E-state index contributed by atoms with van der Waals surface area (Å²) in [7, 11) is 0. The maximum atomic E-state index is 4.69. The van der Waals surface area contributed by atoms with E-state index in [4.69, 9.17) is 0 Å². The highest BCUT2D eigenvalue weighted by molar-refractivity contribution is 5.88. The molecule has 0 saturated heterocycles. The molecule has 0 spiro atoms. The molecule has 1 heterocycles. The van der Waals surface area contributed by atoms with Crippen LogP contribution in [0.4, 0.5) is 34.4 Å². The molecule has 4 heteroatoms. The third kappa shape index (κ3) is 5.59. The van der Waals surface area contributed by atoms with E-state index in [9.17, 15) is 0 Å². The van der Waals surface area contributed by atoms with E-state index in [2.05, 4.69) is 158 Å². The van der Waals surface area contributed by atoms with E-state index in [-0.39, 0.29) is 0 Å². The van der Waals surface area contributed by atoms with Gasteiger partial charge in [-0.25, -0.2) is 9.97 Å². The third-order valence-electron chi connectivity index (χ3n) is 8.07. The number of anilines is 6. The van der Waals surface area contributed by atoms with Gasteiger partial charge in [-0.3, -0.25) is 4.90 Å². The second-order valence-corrected chi connectivity index (χ2v) is 11.6. The van der Waals surface area contributed by atoms with Gasteiger partial charge in [0, 0.05) is 29.3 Å². The molecule has 44 heavy (non-hydrogen) atoms. The molecular formula is C40H38N4. The average molecular weight is 575 g/mol. The lowest BCUT2D eigenvalue weighted by Crippen LogP contribution is -2.17. The molecule has 0 bridgehead atoms. The summed E-state index contributed by atoms with van der Waals surface area (Å²) in [5.41, 5.74) is 15.3. The smallest absolute Gasteiger partial charge is 0.234 e. The first-order chi connectivity index (χ1) is 21.3. The first-order valence-electron chi connectivity index (χ1n) is 15.1. The summed E-state index contributed by atoms with van der Waals surface area (Å²) in [6, 6.07) is 38.7. The van der Waals surface area contributed by atoms with Gasteiger partial charge in [-0.1, -0.05) is 83.9 Å². The lowest BCUT2D eigenvalue weighted by molar-refractivity contribution is 1.08. The van der Waals surface area contributed by atoms with Gasteiger partial charge in [0.2, 0.25) is 5.95 Å². The van der Waals surface area contributed by atoms with Crippen LogP contribution in [0.2, 0.25) is 0 Å². The van der Waals surface area contributed by atoms with Crippen LogP contribution in [0.1, 0.15) is 33.4 Å². The van der Waals surface area contributed by atoms with E-state index in [0.717, 1.165) is 28.2 Å². The van der Waals surface area contributed by atoms with Crippen molar-refractivity contribution in [3.05, 3.63) is 155 Å². The molecule has 218 valence electrons. The largest absolute Gasteiger partial charge is 0.309 e. The number of aryl methyl sites for hydroxylation is 6. The second-order valence-electron chi connectivity index (χ2n) is 11.6. The predicted molar refractivity (Wildman–Crippen MR) is 185 cm³/mol. The molecule has 6 rings (SSSR count). The SMILES string of the molecule is Cc1cc(C)c(N(c2ccc(N(c3ncccn3)c3ccccc3-c3ccccc3)cc2)c2c(C)cc(C)cc2C)c(C)c1. The molecule has 0 atom stereocenters. The maximum absolute atomic E-state index is 4.69. The van der Waals surface area contributed by atoms with Gasteiger partial charge in [0.25, 0.3) is 0 Å². The van der Waals surface area contributed by atoms with Gasteiger partial charge in [0.15, 0.2) is 0 Å². The summed E-state index contributed by atoms with van der Waals surface area (Å²) in [6.45, 7) is 13.2. The van der Waals surface area contributed by atoms with Crippen LogP contribution in [0.3, 0.4) is 0 Å². The number of para-hydroxylation sites is 1. The van der Waals surface area contributed by atoms with Crippen molar-refractivity contribution in [2.75, 3.05) is 9.80 Å². The van der Waals surface area contributed by atoms with Crippen molar-refractivity contribution in [2.45, 2.75) is 41.5 Å². The lowest BCUT2D eigenvalue weighted by atomic mass is 9.98. The minimum atomic E-state index is 0.621. The fourth-order valence-corrected chi connectivity index (χ4v) is 6.47. The van der Waals surface area contributed by atoms with Crippen molar-refractivity contribution in [3.63, 3.8) is 0 Å². The molecule has 0 saturated carbocycles. The Kier molecular flexibility index (Phi) is 7.99. The molecule has 0 fully saturated rings. The van der Waals surface area contributed by atoms with E-state index in [1.807, 2.05) is 12.1 Å². The summed E-state index contributed by atoms with van der Waals surface area (Å²) < 4.78 is 0. The highest BCUT2D eigenvalue weighted by Crippen LogP contribution is 2.44. The Labute approximate surface area is 261 Å². The summed E-state index contributed by atoms with van der Waals surface area (Å²) >= 11 is 0. The topological polar surface area (TPSA) is 32.3 Å². The number of nitrogens with zero attached hydrogens (tertiary/aromatic N) is 4. The number of benzene rings is 5. The van der Waals surface area contributed by atoms with Gasteiger partial charge < -0.3 is 4.90 Å². The zero-order valence-corrected chi connectivity index (χ0v) is 26.3. The van der Waals surface area contributed by atoms with Crippen LogP contribution in [0.25, 0.3) is 11.1 Å². The van der Waals surface area contributed by atoms with Gasteiger partial charge in [0.1, 0.15) is 0 Å². The van der Waals surface area contributed by atoms with Crippen LogP contribution >= 0.6 is 0 Å². The molecule has 0 unspecified atom stereocenters. The van der Waals surface area contributed by atoms with Crippen molar-refractivity contribution < 1.29 is 0 Å². The monoisotopic (exact) mass is 574 g/mol. The van der Waals surface area contributed by atoms with E-state index >= 15 is 0 Å². The molecule has 0 amide bonds. The average Bonchev–Trinajstić information content (AvgIpc) is 3.01. The molecule has 5 aromatic carbocycles. The Hall–Kier alpha value is -5.22. The van der Waals surface area contributed by atoms with Crippen LogP contribution in [-0.4, -0.2) is 9.97 Å². The quantitative estimate of drug-likeness (QED) is 0.190. The minimum Gasteiger partial charge on any atom is -0.309 e. The number of aromatic nitrogens is 2. The fourth-order valence-electron chi connectivity index (χ4n) is 6.47. The lowest BCUT2D eigenvalue weighted by Gasteiger charge is -2.32. The Bertz CT molecular complexity index is 1810. The van der Waals surface area contributed by atoms with E-state index in [0.29, 0.717) is 5.95 Å². The maximum Gasteiger partial charge on any atom is 0.234 e. The molecular weight excluding hydrogens is 536 g/mol. The van der Waals surface area contributed by atoms with E-state index < -0.39 is 0 Å².